The lowest BCUT2D eigenvalue weighted by Crippen LogP contribution is -2.60. The van der Waals surface area contributed by atoms with Gasteiger partial charge in [0.1, 0.15) is 43.8 Å². The molecule has 2 heterocycles. The van der Waals surface area contributed by atoms with Gasteiger partial charge < -0.3 is 24.5 Å². The molecular weight excluding hydrogens is 474 g/mol. The number of aliphatic carboxylic acids is 2. The van der Waals surface area contributed by atoms with Crippen LogP contribution in [-0.2, 0) is 28.0 Å². The Morgan fingerprint density at radius 1 is 1.26 bits per heavy atom. The summed E-state index contributed by atoms with van der Waals surface area (Å²) in [5.41, 5.74) is 1.96. The van der Waals surface area contributed by atoms with Gasteiger partial charge in [0, 0.05) is 41.5 Å². The first-order chi connectivity index (χ1) is 16.7. The minimum Gasteiger partial charge on any atom is -0.546 e. The van der Waals surface area contributed by atoms with Gasteiger partial charge in [0.25, 0.3) is 0 Å². The van der Waals surface area contributed by atoms with E-state index in [0.717, 1.165) is 23.1 Å². The van der Waals surface area contributed by atoms with Crippen LogP contribution in [0.25, 0.3) is 0 Å². The zero-order chi connectivity index (χ0) is 25.2. The molecule has 188 valence electrons. The van der Waals surface area contributed by atoms with Crippen LogP contribution in [0.3, 0.4) is 0 Å². The van der Waals surface area contributed by atoms with Crippen molar-refractivity contribution in [1.29, 1.82) is 0 Å². The fourth-order valence-corrected chi connectivity index (χ4v) is 5.59. The van der Waals surface area contributed by atoms with Crippen LogP contribution >= 0.6 is 11.6 Å². The molecule has 1 fully saturated rings. The first kappa shape index (κ1) is 25.3. The van der Waals surface area contributed by atoms with E-state index in [1.54, 1.807) is 12.1 Å². The summed E-state index contributed by atoms with van der Waals surface area (Å²) in [6.07, 6.45) is 0.737. The summed E-state index contributed by atoms with van der Waals surface area (Å²) in [6.45, 7) is 3.24. The number of carbonyl (C=O) groups is 2. The molecule has 1 saturated heterocycles. The fraction of sp³-hybridized carbons (Fsp3) is 0.462. The number of halogens is 1. The number of piperidine rings is 1. The van der Waals surface area contributed by atoms with Crippen molar-refractivity contribution in [3.63, 3.8) is 0 Å². The standard InChI is InChI=1S/C26H30ClNO7/c1-2-17-5-3-6-21(27)19(17)16-34-18-8-9-20-22(15-18)35-24(25(31)32)26(20)10-13-28(33,14-11-26)12-4-7-23(29)30/h3,5-6,8-9,15,24,33H,2,4,7,10-14,16H2,1H3,(H-,29,30,31,32). The summed E-state index contributed by atoms with van der Waals surface area (Å²) in [4.78, 5) is 22.9. The number of carbonyl (C=O) groups excluding carboxylic acids is 1. The smallest absolute Gasteiger partial charge is 0.303 e. The van der Waals surface area contributed by atoms with Gasteiger partial charge in [-0.25, -0.2) is 5.21 Å². The lowest BCUT2D eigenvalue weighted by Gasteiger charge is -2.44. The summed E-state index contributed by atoms with van der Waals surface area (Å²) in [7, 11) is 0. The van der Waals surface area contributed by atoms with E-state index in [-0.39, 0.29) is 17.7 Å². The number of quaternary nitrogens is 1. The second-order valence-corrected chi connectivity index (χ2v) is 9.82. The number of nitrogens with zero attached hydrogens (tertiary/aromatic N) is 1. The Morgan fingerprint density at radius 2 is 2.00 bits per heavy atom. The molecule has 0 amide bonds. The number of carboxylic acid groups (broad SMARTS) is 2. The van der Waals surface area contributed by atoms with Crippen LogP contribution < -0.4 is 14.6 Å². The van der Waals surface area contributed by atoms with Crippen molar-refractivity contribution in [2.24, 2.45) is 0 Å². The molecule has 4 rings (SSSR count). The van der Waals surface area contributed by atoms with E-state index in [9.17, 15) is 19.9 Å². The van der Waals surface area contributed by atoms with Crippen LogP contribution in [0.15, 0.2) is 36.4 Å². The molecule has 0 radical (unpaired) electrons. The van der Waals surface area contributed by atoms with E-state index in [1.165, 1.54) is 0 Å². The summed E-state index contributed by atoms with van der Waals surface area (Å²) in [5.74, 6) is -1.22. The minimum atomic E-state index is -1.30. The van der Waals surface area contributed by atoms with E-state index in [4.69, 9.17) is 26.2 Å². The topological polar surface area (TPSA) is 116 Å². The van der Waals surface area contributed by atoms with Crippen molar-refractivity contribution in [3.05, 3.63) is 58.1 Å². The second kappa shape index (κ2) is 10.0. The van der Waals surface area contributed by atoms with Gasteiger partial charge >= 0.3 is 5.97 Å². The third-order valence-corrected chi connectivity index (χ3v) is 7.70. The Balaban J connectivity index is 1.51. The maximum atomic E-state index is 12.0. The largest absolute Gasteiger partial charge is 0.546 e. The maximum absolute atomic E-state index is 12.0. The SMILES string of the molecule is CCc1cccc(Cl)c1COc1ccc2c(c1)OC(C(=O)[O-])C21CC[N+](O)(CCCC(=O)O)CC1. The van der Waals surface area contributed by atoms with Crippen molar-refractivity contribution in [1.82, 2.24) is 0 Å². The molecule has 2 aromatic carbocycles. The van der Waals surface area contributed by atoms with Crippen molar-refractivity contribution >= 4 is 23.5 Å². The normalized spacial score (nSPS) is 25.2. The molecule has 9 heteroatoms. The molecule has 35 heavy (non-hydrogen) atoms. The van der Waals surface area contributed by atoms with E-state index < -0.39 is 23.5 Å². The molecule has 1 spiro atoms. The van der Waals surface area contributed by atoms with Gasteiger partial charge in [0.05, 0.1) is 17.8 Å². The molecule has 0 aromatic heterocycles. The predicted molar refractivity (Wildman–Crippen MR) is 125 cm³/mol. The van der Waals surface area contributed by atoms with Gasteiger partial charge in [-0.15, -0.1) is 0 Å². The number of carboxylic acids is 2. The summed E-state index contributed by atoms with van der Waals surface area (Å²) in [5, 5.41) is 32.4. The first-order valence-corrected chi connectivity index (χ1v) is 12.3. The highest BCUT2D eigenvalue weighted by molar-refractivity contribution is 6.31. The Kier molecular flexibility index (Phi) is 7.26. The van der Waals surface area contributed by atoms with Gasteiger partial charge in [-0.05, 0) is 24.1 Å². The number of hydroxylamine groups is 3. The number of benzene rings is 2. The highest BCUT2D eigenvalue weighted by atomic mass is 35.5. The summed E-state index contributed by atoms with van der Waals surface area (Å²) >= 11 is 6.36. The van der Waals surface area contributed by atoms with E-state index in [0.29, 0.717) is 55.4 Å². The molecule has 0 saturated carbocycles. The number of hydrogen-bond donors (Lipinski definition) is 2. The zero-order valence-electron chi connectivity index (χ0n) is 19.7. The van der Waals surface area contributed by atoms with Gasteiger partial charge in [-0.2, -0.15) is 4.65 Å². The number of likely N-dealkylation sites (tertiary alicyclic amines) is 1. The van der Waals surface area contributed by atoms with Gasteiger partial charge in [0.2, 0.25) is 0 Å². The summed E-state index contributed by atoms with van der Waals surface area (Å²) < 4.78 is 11.6. The van der Waals surface area contributed by atoms with Crippen LogP contribution in [0.4, 0.5) is 0 Å². The quantitative estimate of drug-likeness (QED) is 0.505. The summed E-state index contributed by atoms with van der Waals surface area (Å²) in [6, 6.07) is 11.1. The number of fused-ring (bicyclic) bond motifs is 2. The molecular formula is C26H30ClNO7. The molecule has 2 N–H and O–H groups in total. The van der Waals surface area contributed by atoms with Crippen LogP contribution in [-0.4, -0.2) is 52.6 Å². The second-order valence-electron chi connectivity index (χ2n) is 9.41. The van der Waals surface area contributed by atoms with Crippen molar-refractivity contribution in [2.45, 2.75) is 57.2 Å². The lowest BCUT2D eigenvalue weighted by molar-refractivity contribution is -1.11. The molecule has 2 aliphatic rings. The van der Waals surface area contributed by atoms with Crippen LogP contribution in [0, 0.1) is 0 Å². The van der Waals surface area contributed by atoms with E-state index in [2.05, 4.69) is 0 Å². The molecule has 8 nitrogen and oxygen atoms in total. The minimum absolute atomic E-state index is 0.0178. The van der Waals surface area contributed by atoms with Crippen molar-refractivity contribution in [3.8, 4) is 11.5 Å². The van der Waals surface area contributed by atoms with Gasteiger partial charge in [0.15, 0.2) is 0 Å². The maximum Gasteiger partial charge on any atom is 0.303 e. The molecule has 2 aliphatic heterocycles. The first-order valence-electron chi connectivity index (χ1n) is 11.9. The average molecular weight is 504 g/mol. The van der Waals surface area contributed by atoms with Gasteiger partial charge in [-0.3, -0.25) is 4.79 Å². The zero-order valence-corrected chi connectivity index (χ0v) is 20.4. The lowest BCUT2D eigenvalue weighted by atomic mass is 9.69. The Bertz CT molecular complexity index is 1110. The Labute approximate surface area is 209 Å². The average Bonchev–Trinajstić information content (AvgIpc) is 3.14. The molecule has 0 bridgehead atoms. The molecule has 0 aliphatic carbocycles. The monoisotopic (exact) mass is 503 g/mol. The highest BCUT2D eigenvalue weighted by Crippen LogP contribution is 2.51. The van der Waals surface area contributed by atoms with Crippen molar-refractivity contribution < 1.29 is 39.1 Å². The Hall–Kier alpha value is -2.81. The fourth-order valence-electron chi connectivity index (χ4n) is 5.34. The van der Waals surface area contributed by atoms with Gasteiger partial charge in [-0.1, -0.05) is 36.7 Å². The van der Waals surface area contributed by atoms with E-state index >= 15 is 0 Å². The highest BCUT2D eigenvalue weighted by Gasteiger charge is 2.54. The van der Waals surface area contributed by atoms with Crippen LogP contribution in [0.1, 0.15) is 49.3 Å². The molecule has 2 aromatic rings. The number of ether oxygens (including phenoxy) is 2. The molecule has 1 unspecified atom stereocenters. The molecule has 1 atom stereocenters. The van der Waals surface area contributed by atoms with E-state index in [1.807, 2.05) is 31.2 Å². The Morgan fingerprint density at radius 3 is 2.66 bits per heavy atom. The third-order valence-electron chi connectivity index (χ3n) is 7.34. The number of rotatable bonds is 9. The van der Waals surface area contributed by atoms with Crippen molar-refractivity contribution in [2.75, 3.05) is 19.6 Å². The number of aryl methyl sites for hydroxylation is 1. The van der Waals surface area contributed by atoms with Crippen LogP contribution in [0.2, 0.25) is 5.02 Å². The predicted octanol–water partition coefficient (Wildman–Crippen LogP) is 3.09. The third kappa shape index (κ3) is 5.10. The van der Waals surface area contributed by atoms with Crippen LogP contribution in [0.5, 0.6) is 11.5 Å². The number of hydrogen-bond acceptors (Lipinski definition) is 6.